The van der Waals surface area contributed by atoms with Crippen LogP contribution in [0.5, 0.6) is 0 Å². The van der Waals surface area contributed by atoms with E-state index < -0.39 is 30.2 Å². The smallest absolute Gasteiger partial charge is 0.388 e. The number of nitrogens with zero attached hydrogens (tertiary/aromatic N) is 2. The number of carbonyl (C=O) groups is 1. The zero-order valence-corrected chi connectivity index (χ0v) is 12.7. The number of Topliss-reactive ketones (excluding diaryl/α,β-unsaturated/α-hetero) is 1. The normalized spacial score (nSPS) is 11.9. The largest absolute Gasteiger partial charge is 0.449 e. The van der Waals surface area contributed by atoms with Gasteiger partial charge in [-0.2, -0.15) is 13.2 Å². The second kappa shape index (κ2) is 6.29. The Morgan fingerprint density at radius 3 is 2.40 bits per heavy atom. The zero-order valence-electron chi connectivity index (χ0n) is 12.7. The molecule has 0 bridgehead atoms. The highest BCUT2D eigenvalue weighted by molar-refractivity contribution is 5.96. The summed E-state index contributed by atoms with van der Waals surface area (Å²) < 4.78 is 54.0. The number of rotatable bonds is 4. The maximum absolute atomic E-state index is 13.3. The minimum absolute atomic E-state index is 0.0839. The summed E-state index contributed by atoms with van der Waals surface area (Å²) in [5, 5.41) is 8.81. The minimum Gasteiger partial charge on any atom is -0.388 e. The minimum atomic E-state index is -4.69. The molecule has 3 aromatic rings. The average molecular weight is 352 g/mol. The lowest BCUT2D eigenvalue weighted by atomic mass is 10.1. The molecule has 1 N–H and O–H groups in total. The molecule has 0 saturated carbocycles. The van der Waals surface area contributed by atoms with Crippen LogP contribution in [0.15, 0.2) is 42.5 Å². The molecule has 25 heavy (non-hydrogen) atoms. The van der Waals surface area contributed by atoms with E-state index in [9.17, 15) is 22.4 Å². The molecule has 0 unspecified atom stereocenters. The number of carbonyl (C=O) groups excluding carboxylic acids is 1. The Hall–Kier alpha value is -2.74. The molecule has 130 valence electrons. The van der Waals surface area contributed by atoms with Crippen molar-refractivity contribution in [2.45, 2.75) is 12.7 Å². The standard InChI is InChI=1S/C17H12F4N2O2/c18-12-5-6-14-13(7-12)22-16(17(19,20)21)23(14)8-10-1-3-11(4-2-10)15(25)9-24/h1-7,24H,8-9H2. The molecule has 2 aromatic carbocycles. The predicted molar refractivity (Wildman–Crippen MR) is 81.7 cm³/mol. The summed E-state index contributed by atoms with van der Waals surface area (Å²) in [5.74, 6) is -2.27. The van der Waals surface area contributed by atoms with E-state index in [0.717, 1.165) is 16.7 Å². The number of aliphatic hydroxyl groups is 1. The molecule has 1 aromatic heterocycles. The van der Waals surface area contributed by atoms with Crippen LogP contribution >= 0.6 is 0 Å². The summed E-state index contributed by atoms with van der Waals surface area (Å²) in [7, 11) is 0. The van der Waals surface area contributed by atoms with Crippen molar-refractivity contribution in [3.05, 3.63) is 65.2 Å². The van der Waals surface area contributed by atoms with Gasteiger partial charge >= 0.3 is 6.18 Å². The van der Waals surface area contributed by atoms with Crippen molar-refractivity contribution in [2.75, 3.05) is 6.61 Å². The molecule has 0 aliphatic rings. The first-order valence-electron chi connectivity index (χ1n) is 7.25. The lowest BCUT2D eigenvalue weighted by molar-refractivity contribution is -0.146. The van der Waals surface area contributed by atoms with Gasteiger partial charge in [0.25, 0.3) is 0 Å². The molecule has 0 amide bonds. The Bertz CT molecular complexity index is 930. The highest BCUT2D eigenvalue weighted by Gasteiger charge is 2.37. The molecule has 0 aliphatic heterocycles. The SMILES string of the molecule is O=C(CO)c1ccc(Cn2c(C(F)(F)F)nc3cc(F)ccc32)cc1. The number of hydrogen-bond acceptors (Lipinski definition) is 3. The number of alkyl halides is 3. The van der Waals surface area contributed by atoms with Crippen molar-refractivity contribution >= 4 is 16.8 Å². The molecule has 0 atom stereocenters. The Kier molecular flexibility index (Phi) is 4.30. The molecular formula is C17H12F4N2O2. The second-order valence-electron chi connectivity index (χ2n) is 5.43. The van der Waals surface area contributed by atoms with Gasteiger partial charge in [-0.3, -0.25) is 4.79 Å². The van der Waals surface area contributed by atoms with E-state index in [0.29, 0.717) is 5.56 Å². The van der Waals surface area contributed by atoms with Crippen molar-refractivity contribution in [1.82, 2.24) is 9.55 Å². The Morgan fingerprint density at radius 2 is 1.80 bits per heavy atom. The molecule has 3 rings (SSSR count). The number of aromatic nitrogens is 2. The van der Waals surface area contributed by atoms with E-state index in [-0.39, 0.29) is 23.1 Å². The van der Waals surface area contributed by atoms with Gasteiger partial charge in [-0.05, 0) is 17.7 Å². The van der Waals surface area contributed by atoms with Crippen molar-refractivity contribution in [3.63, 3.8) is 0 Å². The lowest BCUT2D eigenvalue weighted by Crippen LogP contribution is -2.15. The van der Waals surface area contributed by atoms with Gasteiger partial charge in [0.05, 0.1) is 11.0 Å². The summed E-state index contributed by atoms with van der Waals surface area (Å²) in [6.45, 7) is -0.792. The van der Waals surface area contributed by atoms with Gasteiger partial charge in [0.15, 0.2) is 5.78 Å². The number of halogens is 4. The molecule has 0 saturated heterocycles. The molecule has 0 spiro atoms. The fraction of sp³-hybridized carbons (Fsp3) is 0.176. The van der Waals surface area contributed by atoms with Crippen LogP contribution in [0.1, 0.15) is 21.7 Å². The van der Waals surface area contributed by atoms with Crippen LogP contribution in [-0.2, 0) is 12.7 Å². The van der Waals surface area contributed by atoms with Gasteiger partial charge in [-0.15, -0.1) is 0 Å². The quantitative estimate of drug-likeness (QED) is 0.578. The summed E-state index contributed by atoms with van der Waals surface area (Å²) in [5.41, 5.74) is 0.840. The van der Waals surface area contributed by atoms with Gasteiger partial charge in [-0.25, -0.2) is 9.37 Å². The zero-order chi connectivity index (χ0) is 18.2. The summed E-state index contributed by atoms with van der Waals surface area (Å²) in [4.78, 5) is 14.9. The third-order valence-electron chi connectivity index (χ3n) is 3.72. The van der Waals surface area contributed by atoms with Crippen LogP contribution in [0, 0.1) is 5.82 Å². The summed E-state index contributed by atoms with van der Waals surface area (Å²) in [6.07, 6.45) is -4.69. The second-order valence-corrected chi connectivity index (χ2v) is 5.43. The molecule has 1 heterocycles. The highest BCUT2D eigenvalue weighted by atomic mass is 19.4. The third-order valence-corrected chi connectivity index (χ3v) is 3.72. The number of aliphatic hydroxyl groups excluding tert-OH is 1. The van der Waals surface area contributed by atoms with Gasteiger partial charge < -0.3 is 9.67 Å². The van der Waals surface area contributed by atoms with E-state index in [2.05, 4.69) is 4.98 Å². The molecule has 8 heteroatoms. The van der Waals surface area contributed by atoms with Crippen molar-refractivity contribution in [3.8, 4) is 0 Å². The van der Waals surface area contributed by atoms with Crippen LogP contribution in [0.25, 0.3) is 11.0 Å². The summed E-state index contributed by atoms with van der Waals surface area (Å²) >= 11 is 0. The van der Waals surface area contributed by atoms with Gasteiger partial charge in [0.2, 0.25) is 5.82 Å². The van der Waals surface area contributed by atoms with Gasteiger partial charge in [-0.1, -0.05) is 24.3 Å². The number of benzene rings is 2. The number of hydrogen-bond donors (Lipinski definition) is 1. The average Bonchev–Trinajstić information content (AvgIpc) is 2.92. The topological polar surface area (TPSA) is 55.1 Å². The first kappa shape index (κ1) is 17.1. The van der Waals surface area contributed by atoms with Crippen molar-refractivity contribution in [2.24, 2.45) is 0 Å². The highest BCUT2D eigenvalue weighted by Crippen LogP contribution is 2.32. The van der Waals surface area contributed by atoms with Crippen LogP contribution in [-0.4, -0.2) is 27.0 Å². The van der Waals surface area contributed by atoms with Crippen molar-refractivity contribution in [1.29, 1.82) is 0 Å². The van der Waals surface area contributed by atoms with E-state index in [1.807, 2.05) is 0 Å². The first-order valence-corrected chi connectivity index (χ1v) is 7.25. The Morgan fingerprint density at radius 1 is 1.12 bits per heavy atom. The van der Waals surface area contributed by atoms with Crippen LogP contribution in [0.4, 0.5) is 17.6 Å². The lowest BCUT2D eigenvalue weighted by Gasteiger charge is -2.12. The van der Waals surface area contributed by atoms with Crippen LogP contribution < -0.4 is 0 Å². The maximum atomic E-state index is 13.3. The van der Waals surface area contributed by atoms with Crippen LogP contribution in [0.3, 0.4) is 0 Å². The molecule has 0 fully saturated rings. The molecule has 4 nitrogen and oxygen atoms in total. The molecule has 0 radical (unpaired) electrons. The van der Waals surface area contributed by atoms with E-state index in [1.165, 1.54) is 30.3 Å². The van der Waals surface area contributed by atoms with E-state index in [1.54, 1.807) is 0 Å². The molecular weight excluding hydrogens is 340 g/mol. The van der Waals surface area contributed by atoms with E-state index >= 15 is 0 Å². The van der Waals surface area contributed by atoms with Gasteiger partial charge in [0.1, 0.15) is 12.4 Å². The van der Waals surface area contributed by atoms with Crippen molar-refractivity contribution < 1.29 is 27.5 Å². The third kappa shape index (κ3) is 3.39. The fourth-order valence-corrected chi connectivity index (χ4v) is 2.55. The number of fused-ring (bicyclic) bond motifs is 1. The monoisotopic (exact) mass is 352 g/mol. The van der Waals surface area contributed by atoms with Gasteiger partial charge in [0, 0.05) is 18.2 Å². The van der Waals surface area contributed by atoms with Crippen LogP contribution in [0.2, 0.25) is 0 Å². The fourth-order valence-electron chi connectivity index (χ4n) is 2.55. The molecule has 0 aliphatic carbocycles. The first-order chi connectivity index (χ1) is 11.8. The maximum Gasteiger partial charge on any atom is 0.449 e. The Balaban J connectivity index is 2.04. The number of imidazole rings is 1. The number of ketones is 1. The Labute approximate surface area is 139 Å². The predicted octanol–water partition coefficient (Wildman–Crippen LogP) is 3.42. The van der Waals surface area contributed by atoms with E-state index in [4.69, 9.17) is 5.11 Å². The summed E-state index contributed by atoms with van der Waals surface area (Å²) in [6, 6.07) is 9.13.